The van der Waals surface area contributed by atoms with E-state index in [4.69, 9.17) is 5.73 Å². The minimum absolute atomic E-state index is 0.209. The molecule has 1 aromatic heterocycles. The van der Waals surface area contributed by atoms with E-state index in [9.17, 15) is 0 Å². The number of nitrogens with zero attached hydrogens (tertiary/aromatic N) is 3. The predicted molar refractivity (Wildman–Crippen MR) is 87.1 cm³/mol. The molecule has 2 rings (SSSR count). The molecule has 0 bridgehead atoms. The number of hydrogen-bond donors (Lipinski definition) is 1. The maximum absolute atomic E-state index is 6.06. The van der Waals surface area contributed by atoms with Gasteiger partial charge in [0.2, 0.25) is 0 Å². The number of hydrogen-bond acceptors (Lipinski definition) is 3. The highest BCUT2D eigenvalue weighted by Crippen LogP contribution is 2.26. The first-order chi connectivity index (χ1) is 9.93. The van der Waals surface area contributed by atoms with Crippen LogP contribution in [-0.2, 0) is 13.6 Å². The third-order valence-corrected chi connectivity index (χ3v) is 4.31. The van der Waals surface area contributed by atoms with Crippen molar-refractivity contribution in [2.45, 2.75) is 33.4 Å². The molecule has 0 saturated heterocycles. The maximum atomic E-state index is 6.06. The van der Waals surface area contributed by atoms with Gasteiger partial charge in [-0.2, -0.15) is 0 Å². The molecule has 0 fully saturated rings. The Bertz CT molecular complexity index is 615. The van der Waals surface area contributed by atoms with Crippen LogP contribution < -0.4 is 5.73 Å². The molecule has 2 N–H and O–H groups in total. The van der Waals surface area contributed by atoms with E-state index in [0.717, 1.165) is 12.4 Å². The van der Waals surface area contributed by atoms with E-state index in [0.29, 0.717) is 6.54 Å². The van der Waals surface area contributed by atoms with Crippen molar-refractivity contribution in [3.05, 3.63) is 52.6 Å². The zero-order chi connectivity index (χ0) is 15.6. The fourth-order valence-corrected chi connectivity index (χ4v) is 2.77. The highest BCUT2D eigenvalue weighted by molar-refractivity contribution is 5.38. The summed E-state index contributed by atoms with van der Waals surface area (Å²) in [7, 11) is 4.13. The molecule has 0 spiro atoms. The molecule has 4 heteroatoms. The largest absolute Gasteiger partial charge is 0.337 e. The molecular formula is C17H26N4. The molecule has 0 radical (unpaired) electrons. The average Bonchev–Trinajstić information content (AvgIpc) is 2.82. The van der Waals surface area contributed by atoms with Crippen molar-refractivity contribution in [1.29, 1.82) is 0 Å². The lowest BCUT2D eigenvalue weighted by molar-refractivity contribution is 0.233. The molecule has 114 valence electrons. The first-order valence-corrected chi connectivity index (χ1v) is 7.38. The van der Waals surface area contributed by atoms with Crippen molar-refractivity contribution in [2.24, 2.45) is 12.8 Å². The highest BCUT2D eigenvalue weighted by Gasteiger charge is 2.19. The molecule has 0 aliphatic carbocycles. The summed E-state index contributed by atoms with van der Waals surface area (Å²) >= 11 is 0. The summed E-state index contributed by atoms with van der Waals surface area (Å²) < 4.78 is 2.05. The first kappa shape index (κ1) is 15.7. The molecule has 1 aromatic carbocycles. The number of aromatic nitrogens is 2. The normalized spacial score (nSPS) is 12.9. The molecule has 1 heterocycles. The van der Waals surface area contributed by atoms with Gasteiger partial charge in [0.05, 0.1) is 6.54 Å². The van der Waals surface area contributed by atoms with E-state index < -0.39 is 0 Å². The summed E-state index contributed by atoms with van der Waals surface area (Å²) in [5, 5.41) is 0. The third kappa shape index (κ3) is 3.34. The van der Waals surface area contributed by atoms with Crippen LogP contribution in [0.4, 0.5) is 0 Å². The second kappa shape index (κ2) is 6.41. The van der Waals surface area contributed by atoms with Crippen molar-refractivity contribution < 1.29 is 0 Å². The quantitative estimate of drug-likeness (QED) is 0.918. The van der Waals surface area contributed by atoms with Crippen LogP contribution in [0, 0.1) is 20.8 Å². The molecule has 0 aliphatic heterocycles. The Morgan fingerprint density at radius 2 is 1.86 bits per heavy atom. The van der Waals surface area contributed by atoms with Crippen molar-refractivity contribution in [3.8, 4) is 0 Å². The predicted octanol–water partition coefficient (Wildman–Crippen LogP) is 2.48. The van der Waals surface area contributed by atoms with Crippen LogP contribution in [0.2, 0.25) is 0 Å². The number of benzene rings is 1. The lowest BCUT2D eigenvalue weighted by Crippen LogP contribution is -2.31. The summed E-state index contributed by atoms with van der Waals surface area (Å²) in [6.07, 6.45) is 3.81. The minimum atomic E-state index is 0.209. The topological polar surface area (TPSA) is 47.1 Å². The van der Waals surface area contributed by atoms with Crippen molar-refractivity contribution >= 4 is 0 Å². The van der Waals surface area contributed by atoms with E-state index in [2.05, 4.69) is 54.4 Å². The van der Waals surface area contributed by atoms with Gasteiger partial charge in [-0.15, -0.1) is 0 Å². The lowest BCUT2D eigenvalue weighted by atomic mass is 9.95. The van der Waals surface area contributed by atoms with Gasteiger partial charge in [0.25, 0.3) is 0 Å². The Kier molecular flexibility index (Phi) is 4.80. The molecule has 4 nitrogen and oxygen atoms in total. The zero-order valence-corrected chi connectivity index (χ0v) is 13.7. The Morgan fingerprint density at radius 3 is 2.43 bits per heavy atom. The van der Waals surface area contributed by atoms with Gasteiger partial charge in [0.1, 0.15) is 5.82 Å². The Morgan fingerprint density at radius 1 is 1.19 bits per heavy atom. The summed E-state index contributed by atoms with van der Waals surface area (Å²) in [5.41, 5.74) is 11.3. The van der Waals surface area contributed by atoms with Crippen LogP contribution in [0.15, 0.2) is 24.5 Å². The summed E-state index contributed by atoms with van der Waals surface area (Å²) in [5.74, 6) is 1.05. The Hall–Kier alpha value is -1.65. The Balaban J connectivity index is 2.27. The van der Waals surface area contributed by atoms with Crippen LogP contribution in [0.5, 0.6) is 0 Å². The van der Waals surface area contributed by atoms with Gasteiger partial charge in [0, 0.05) is 32.0 Å². The molecule has 1 unspecified atom stereocenters. The standard InChI is InChI=1S/C17H26N4/c1-12-8-14(3)15(9-13(12)2)16(10-18)21(5)11-17-19-6-7-20(17)4/h6-9,16H,10-11,18H2,1-5H3. The molecular weight excluding hydrogens is 260 g/mol. The van der Waals surface area contributed by atoms with Gasteiger partial charge < -0.3 is 10.3 Å². The minimum Gasteiger partial charge on any atom is -0.337 e. The number of imidazole rings is 1. The lowest BCUT2D eigenvalue weighted by Gasteiger charge is -2.29. The van der Waals surface area contributed by atoms with E-state index in [1.54, 1.807) is 0 Å². The van der Waals surface area contributed by atoms with Crippen LogP contribution in [0.1, 0.15) is 34.1 Å². The summed E-state index contributed by atoms with van der Waals surface area (Å²) in [6, 6.07) is 4.74. The fourth-order valence-electron chi connectivity index (χ4n) is 2.77. The van der Waals surface area contributed by atoms with Gasteiger partial charge in [0.15, 0.2) is 0 Å². The monoisotopic (exact) mass is 286 g/mol. The molecule has 21 heavy (non-hydrogen) atoms. The molecule has 0 saturated carbocycles. The van der Waals surface area contributed by atoms with Crippen LogP contribution in [0.25, 0.3) is 0 Å². The summed E-state index contributed by atoms with van der Waals surface area (Å²) in [6.45, 7) is 7.87. The highest BCUT2D eigenvalue weighted by atomic mass is 15.2. The van der Waals surface area contributed by atoms with E-state index in [1.165, 1.54) is 22.3 Å². The van der Waals surface area contributed by atoms with Gasteiger partial charge in [-0.1, -0.05) is 12.1 Å². The Labute approximate surface area is 127 Å². The average molecular weight is 286 g/mol. The SMILES string of the molecule is Cc1cc(C)c(C(CN)N(C)Cc2nccn2C)cc1C. The summed E-state index contributed by atoms with van der Waals surface area (Å²) in [4.78, 5) is 6.68. The van der Waals surface area contributed by atoms with E-state index in [1.807, 2.05) is 19.4 Å². The molecule has 1 atom stereocenters. The number of aryl methyl sites for hydroxylation is 4. The van der Waals surface area contributed by atoms with Gasteiger partial charge >= 0.3 is 0 Å². The second-order valence-electron chi connectivity index (χ2n) is 5.91. The van der Waals surface area contributed by atoms with Crippen LogP contribution in [0.3, 0.4) is 0 Å². The smallest absolute Gasteiger partial charge is 0.122 e. The number of rotatable bonds is 5. The van der Waals surface area contributed by atoms with Crippen LogP contribution in [-0.4, -0.2) is 28.0 Å². The number of likely N-dealkylation sites (N-methyl/N-ethyl adjacent to an activating group) is 1. The number of nitrogens with two attached hydrogens (primary N) is 1. The van der Waals surface area contributed by atoms with Crippen LogP contribution >= 0.6 is 0 Å². The zero-order valence-electron chi connectivity index (χ0n) is 13.7. The molecule has 0 aliphatic rings. The second-order valence-corrected chi connectivity index (χ2v) is 5.91. The third-order valence-electron chi connectivity index (χ3n) is 4.31. The fraction of sp³-hybridized carbons (Fsp3) is 0.471. The van der Waals surface area contributed by atoms with E-state index >= 15 is 0 Å². The first-order valence-electron chi connectivity index (χ1n) is 7.38. The van der Waals surface area contributed by atoms with Crippen molar-refractivity contribution in [2.75, 3.05) is 13.6 Å². The van der Waals surface area contributed by atoms with Gasteiger partial charge in [-0.05, 0) is 50.1 Å². The van der Waals surface area contributed by atoms with E-state index in [-0.39, 0.29) is 6.04 Å². The van der Waals surface area contributed by atoms with Gasteiger partial charge in [-0.25, -0.2) is 4.98 Å². The molecule has 2 aromatic rings. The van der Waals surface area contributed by atoms with Gasteiger partial charge in [-0.3, -0.25) is 4.90 Å². The van der Waals surface area contributed by atoms with Crippen molar-refractivity contribution in [3.63, 3.8) is 0 Å². The maximum Gasteiger partial charge on any atom is 0.122 e. The van der Waals surface area contributed by atoms with Crippen molar-refractivity contribution in [1.82, 2.24) is 14.5 Å². The molecule has 0 amide bonds.